The van der Waals surface area contributed by atoms with E-state index in [0.29, 0.717) is 17.0 Å². The van der Waals surface area contributed by atoms with Crippen molar-refractivity contribution in [1.29, 1.82) is 0 Å². The molecule has 2 aromatic carbocycles. The number of amides is 1. The number of hydrogen-bond acceptors (Lipinski definition) is 5. The number of hydroxylamine groups is 1. The van der Waals surface area contributed by atoms with Crippen molar-refractivity contribution in [1.82, 2.24) is 15.7 Å². The summed E-state index contributed by atoms with van der Waals surface area (Å²) in [6, 6.07) is 19.8. The van der Waals surface area contributed by atoms with Crippen LogP contribution in [0.15, 0.2) is 54.6 Å². The van der Waals surface area contributed by atoms with Crippen LogP contribution in [0.4, 0.5) is 13.2 Å². The lowest BCUT2D eigenvalue weighted by Gasteiger charge is -2.59. The smallest absolute Gasteiger partial charge is 0.475 e. The average Bonchev–Trinajstić information content (AvgIpc) is 3.60. The second-order valence-corrected chi connectivity index (χ2v) is 10.4. The van der Waals surface area contributed by atoms with E-state index in [-0.39, 0.29) is 0 Å². The van der Waals surface area contributed by atoms with Crippen LogP contribution < -0.4 is 10.8 Å². The van der Waals surface area contributed by atoms with Gasteiger partial charge in [-0.15, -0.1) is 0 Å². The van der Waals surface area contributed by atoms with Crippen molar-refractivity contribution >= 4 is 11.9 Å². The monoisotopic (exact) mass is 519 g/mol. The molecule has 10 heteroatoms. The second kappa shape index (κ2) is 11.2. The predicted molar refractivity (Wildman–Crippen MR) is 130 cm³/mol. The first-order valence-corrected chi connectivity index (χ1v) is 12.5. The molecule has 3 aliphatic rings. The normalized spacial score (nSPS) is 22.3. The van der Waals surface area contributed by atoms with E-state index >= 15 is 0 Å². The van der Waals surface area contributed by atoms with Crippen molar-refractivity contribution in [3.8, 4) is 0 Å². The molecule has 1 spiro atoms. The number of carbonyl (C=O) groups is 2. The number of benzene rings is 2. The Morgan fingerprint density at radius 1 is 1.03 bits per heavy atom. The molecule has 3 fully saturated rings. The van der Waals surface area contributed by atoms with Gasteiger partial charge < -0.3 is 15.3 Å². The Kier molecular flexibility index (Phi) is 8.20. The minimum atomic E-state index is -5.08. The number of carbonyl (C=O) groups excluding carboxylic acids is 1. The van der Waals surface area contributed by atoms with E-state index in [4.69, 9.17) is 15.1 Å². The molecule has 2 unspecified atom stereocenters. The largest absolute Gasteiger partial charge is 0.490 e. The molecule has 2 aromatic rings. The van der Waals surface area contributed by atoms with E-state index in [1.54, 1.807) is 17.6 Å². The van der Waals surface area contributed by atoms with Crippen LogP contribution in [0.1, 0.15) is 53.1 Å². The number of carboxylic acids is 1. The number of alkyl halides is 3. The van der Waals surface area contributed by atoms with Crippen molar-refractivity contribution < 1.29 is 33.1 Å². The van der Waals surface area contributed by atoms with E-state index < -0.39 is 18.1 Å². The number of halogens is 3. The lowest BCUT2D eigenvalue weighted by molar-refractivity contribution is -0.192. The first-order chi connectivity index (χ1) is 17.6. The second-order valence-electron chi connectivity index (χ2n) is 10.4. The topological polar surface area (TPSA) is 102 Å². The van der Waals surface area contributed by atoms with Gasteiger partial charge in [0.25, 0.3) is 5.91 Å². The summed E-state index contributed by atoms with van der Waals surface area (Å²) >= 11 is 0. The molecular weight excluding hydrogens is 487 g/mol. The highest BCUT2D eigenvalue weighted by molar-refractivity contribution is 5.93. The molecule has 0 radical (unpaired) electrons. The molecular formula is C27H32F3N3O4. The van der Waals surface area contributed by atoms with Crippen LogP contribution in [0, 0.1) is 5.41 Å². The van der Waals surface area contributed by atoms with Gasteiger partial charge in [0.05, 0.1) is 0 Å². The fourth-order valence-electron chi connectivity index (χ4n) is 5.57. The lowest BCUT2D eigenvalue weighted by atomic mass is 9.60. The van der Waals surface area contributed by atoms with E-state index in [0.717, 1.165) is 31.3 Å². The van der Waals surface area contributed by atoms with Gasteiger partial charge in [-0.25, -0.2) is 10.3 Å². The number of hydrogen-bond donors (Lipinski definition) is 4. The van der Waals surface area contributed by atoms with Crippen LogP contribution in [0.5, 0.6) is 0 Å². The average molecular weight is 520 g/mol. The van der Waals surface area contributed by atoms with E-state index in [1.165, 1.54) is 43.5 Å². The Labute approximate surface area is 213 Å². The van der Waals surface area contributed by atoms with Crippen molar-refractivity contribution in [3.05, 3.63) is 71.3 Å². The van der Waals surface area contributed by atoms with Gasteiger partial charge >= 0.3 is 12.1 Å². The fourth-order valence-corrected chi connectivity index (χ4v) is 5.57. The minimum Gasteiger partial charge on any atom is -0.475 e. The number of aliphatic carboxylic acids is 1. The summed E-state index contributed by atoms with van der Waals surface area (Å²) in [5, 5.41) is 19.7. The molecule has 0 bridgehead atoms. The molecule has 5 rings (SSSR count). The Morgan fingerprint density at radius 2 is 1.65 bits per heavy atom. The molecule has 200 valence electrons. The number of nitrogens with zero attached hydrogens (tertiary/aromatic N) is 1. The molecule has 1 aliphatic heterocycles. The number of rotatable bonds is 8. The van der Waals surface area contributed by atoms with Gasteiger partial charge in [-0.05, 0) is 67.3 Å². The summed E-state index contributed by atoms with van der Waals surface area (Å²) in [7, 11) is 0. The summed E-state index contributed by atoms with van der Waals surface area (Å²) in [5.74, 6) is -2.49. The highest BCUT2D eigenvalue weighted by atomic mass is 19.4. The van der Waals surface area contributed by atoms with Gasteiger partial charge in [0, 0.05) is 36.7 Å². The number of likely N-dealkylation sites (tertiary alicyclic amines) is 1. The van der Waals surface area contributed by atoms with Crippen molar-refractivity contribution in [2.45, 2.75) is 56.3 Å². The highest BCUT2D eigenvalue weighted by Crippen LogP contribution is 2.50. The third-order valence-electron chi connectivity index (χ3n) is 7.44. The van der Waals surface area contributed by atoms with Gasteiger partial charge in [-0.2, -0.15) is 13.2 Å². The molecule has 37 heavy (non-hydrogen) atoms. The van der Waals surface area contributed by atoms with E-state index in [2.05, 4.69) is 40.5 Å². The Balaban J connectivity index is 0.000000405. The zero-order valence-electron chi connectivity index (χ0n) is 20.4. The summed E-state index contributed by atoms with van der Waals surface area (Å²) < 4.78 is 31.7. The molecule has 1 saturated heterocycles. The quantitative estimate of drug-likeness (QED) is 0.311. The minimum absolute atomic E-state index is 0.460. The fraction of sp³-hybridized carbons (Fsp3) is 0.481. The third kappa shape index (κ3) is 7.09. The molecule has 1 heterocycles. The first kappa shape index (κ1) is 27.1. The van der Waals surface area contributed by atoms with Crippen LogP contribution in [0.3, 0.4) is 0 Å². The Hall–Kier alpha value is -2.95. The maximum Gasteiger partial charge on any atom is 0.490 e. The molecule has 7 nitrogen and oxygen atoms in total. The molecule has 4 N–H and O–H groups in total. The predicted octanol–water partition coefficient (Wildman–Crippen LogP) is 3.98. The third-order valence-corrected chi connectivity index (χ3v) is 7.44. The van der Waals surface area contributed by atoms with Gasteiger partial charge in [-0.3, -0.25) is 10.0 Å². The lowest BCUT2D eigenvalue weighted by Crippen LogP contribution is -2.66. The zero-order chi connectivity index (χ0) is 26.6. The summed E-state index contributed by atoms with van der Waals surface area (Å²) in [4.78, 5) is 22.9. The van der Waals surface area contributed by atoms with Crippen LogP contribution in [0.25, 0.3) is 0 Å². The Bertz CT molecular complexity index is 1060. The van der Waals surface area contributed by atoms with Gasteiger partial charge in [0.15, 0.2) is 0 Å². The summed E-state index contributed by atoms with van der Waals surface area (Å²) in [5.41, 5.74) is 5.48. The zero-order valence-corrected chi connectivity index (χ0v) is 20.4. The van der Waals surface area contributed by atoms with E-state index in [9.17, 15) is 18.0 Å². The van der Waals surface area contributed by atoms with Gasteiger partial charge in [0.1, 0.15) is 0 Å². The standard InChI is InChI=1S/C25H31N3O2.C2HF3O2/c29-24(27-30)20-10-8-18(9-11-20)5-4-12-28-16-25(17-28)14-21(15-25)26-23-13-22(23)19-6-2-1-3-7-19;3-2(4,5)1(6)7/h1-3,6-11,21-23,26,30H,4-5,12-17H2,(H,27,29);(H,6,7). The summed E-state index contributed by atoms with van der Waals surface area (Å²) in [6.45, 7) is 3.67. The molecule has 0 aromatic heterocycles. The molecule has 2 aliphatic carbocycles. The van der Waals surface area contributed by atoms with E-state index in [1.807, 2.05) is 12.1 Å². The summed E-state index contributed by atoms with van der Waals surface area (Å²) in [6.07, 6.45) is 1.07. The first-order valence-electron chi connectivity index (χ1n) is 12.5. The number of aryl methyl sites for hydroxylation is 1. The van der Waals surface area contributed by atoms with Crippen LogP contribution in [-0.4, -0.2) is 65.0 Å². The number of nitrogens with one attached hydrogen (secondary N) is 2. The molecule has 2 saturated carbocycles. The van der Waals surface area contributed by atoms with Crippen molar-refractivity contribution in [2.24, 2.45) is 5.41 Å². The Morgan fingerprint density at radius 3 is 2.22 bits per heavy atom. The van der Waals surface area contributed by atoms with Crippen LogP contribution >= 0.6 is 0 Å². The SMILES string of the molecule is O=C(NO)c1ccc(CCCN2CC3(CC(NC4CC4c4ccccc4)C3)C2)cc1.O=C(O)C(F)(F)F. The van der Waals surface area contributed by atoms with Crippen molar-refractivity contribution in [2.75, 3.05) is 19.6 Å². The molecule has 1 amide bonds. The van der Waals surface area contributed by atoms with Crippen LogP contribution in [-0.2, 0) is 11.2 Å². The van der Waals surface area contributed by atoms with Crippen molar-refractivity contribution in [3.63, 3.8) is 0 Å². The maximum absolute atomic E-state index is 11.4. The van der Waals surface area contributed by atoms with Gasteiger partial charge in [-0.1, -0.05) is 42.5 Å². The van der Waals surface area contributed by atoms with Crippen LogP contribution in [0.2, 0.25) is 0 Å². The molecule has 2 atom stereocenters. The van der Waals surface area contributed by atoms with Gasteiger partial charge in [0.2, 0.25) is 0 Å². The maximum atomic E-state index is 11.4. The highest BCUT2D eigenvalue weighted by Gasteiger charge is 2.53. The number of carboxylic acid groups (broad SMARTS) is 1.